The number of ether oxygens (including phenoxy) is 6. The Hall–Kier alpha value is -3.42. The van der Waals surface area contributed by atoms with E-state index in [1.165, 1.54) is 0 Å². The van der Waals surface area contributed by atoms with Crippen molar-refractivity contribution in [2.75, 3.05) is 24.6 Å². The number of azo groups is 1. The zero-order chi connectivity index (χ0) is 31.5. The molecule has 0 saturated carbocycles. The highest BCUT2D eigenvalue weighted by Gasteiger charge is 2.68. The van der Waals surface area contributed by atoms with Crippen LogP contribution in [-0.4, -0.2) is 78.5 Å². The molecule has 0 bridgehead atoms. The van der Waals surface area contributed by atoms with Gasteiger partial charge in [0.15, 0.2) is 23.8 Å². The first-order valence-corrected chi connectivity index (χ1v) is 15.0. The van der Waals surface area contributed by atoms with Crippen molar-refractivity contribution in [3.8, 4) is 0 Å². The minimum absolute atomic E-state index is 0.224. The van der Waals surface area contributed by atoms with E-state index in [-0.39, 0.29) is 19.4 Å². The number of benzene rings is 2. The van der Waals surface area contributed by atoms with Crippen LogP contribution in [0, 0.1) is 0 Å². The summed E-state index contributed by atoms with van der Waals surface area (Å²) in [5.74, 6) is -4.86. The first kappa shape index (κ1) is 32.0. The lowest BCUT2D eigenvalue weighted by Gasteiger charge is -2.32. The fourth-order valence-corrected chi connectivity index (χ4v) is 5.84. The smallest absolute Gasteiger partial charge is 0.306 e. The van der Waals surface area contributed by atoms with Crippen molar-refractivity contribution >= 4 is 29.0 Å². The molecule has 0 aliphatic carbocycles. The average molecular weight is 612 g/mol. The Kier molecular flexibility index (Phi) is 9.38. The van der Waals surface area contributed by atoms with E-state index in [2.05, 4.69) is 22.1 Å². The molecule has 3 saturated heterocycles. The minimum Gasteiger partial charge on any atom is -0.481 e. The van der Waals surface area contributed by atoms with Gasteiger partial charge < -0.3 is 38.4 Å². The number of anilines is 1. The van der Waals surface area contributed by atoms with Gasteiger partial charge in [0.05, 0.1) is 30.8 Å². The zero-order valence-electron chi connectivity index (χ0n) is 25.8. The predicted octanol–water partition coefficient (Wildman–Crippen LogP) is 5.49. The molecule has 5 atom stereocenters. The van der Waals surface area contributed by atoms with Crippen molar-refractivity contribution in [1.29, 1.82) is 0 Å². The number of carboxylic acid groups (broad SMARTS) is 1. The quantitative estimate of drug-likeness (QED) is 0.242. The second-order valence-electron chi connectivity index (χ2n) is 12.0. The molecule has 2 aromatic rings. The summed E-state index contributed by atoms with van der Waals surface area (Å²) in [6.45, 7) is 10.7. The summed E-state index contributed by atoms with van der Waals surface area (Å²) in [4.78, 5) is 26.0. The Labute approximate surface area is 257 Å². The van der Waals surface area contributed by atoms with Crippen LogP contribution in [0.3, 0.4) is 0 Å². The van der Waals surface area contributed by atoms with E-state index in [1.54, 1.807) is 27.7 Å². The summed E-state index contributed by atoms with van der Waals surface area (Å²) in [6.07, 6.45) is -3.21. The number of carbonyl (C=O) groups is 2. The normalized spacial score (nSPS) is 28.7. The van der Waals surface area contributed by atoms with Gasteiger partial charge in [0.2, 0.25) is 5.79 Å². The van der Waals surface area contributed by atoms with Crippen molar-refractivity contribution in [3.63, 3.8) is 0 Å². The lowest BCUT2D eigenvalue weighted by atomic mass is 9.99. The Morgan fingerprint density at radius 1 is 0.932 bits per heavy atom. The number of carbonyl (C=O) groups excluding carboxylic acids is 1. The largest absolute Gasteiger partial charge is 0.481 e. The molecule has 44 heavy (non-hydrogen) atoms. The topological polar surface area (TPSA) is 138 Å². The Morgan fingerprint density at radius 2 is 1.61 bits per heavy atom. The Balaban J connectivity index is 1.33. The standard InChI is InChI=1S/C32H41N3O9/c1-6-35(23-14-12-22(13-15-23)34-33-21-10-8-7-9-11-21)19-18-32-29(43-31(4,5)44-32)28(40-26(38)17-16-25(36)37)27(42-32)24-20-39-30(2,3)41-24/h7-15,24,27-29H,6,16-20H2,1-5H3,(H,36,37)/t24-,27-,28+,29-,32?/m1/s1. The molecule has 0 aromatic heterocycles. The molecule has 3 aliphatic rings. The molecule has 2 aromatic carbocycles. The third kappa shape index (κ3) is 7.44. The lowest BCUT2D eigenvalue weighted by Crippen LogP contribution is -2.45. The number of esters is 1. The second-order valence-corrected chi connectivity index (χ2v) is 12.0. The summed E-state index contributed by atoms with van der Waals surface area (Å²) in [5.41, 5.74) is 2.50. The summed E-state index contributed by atoms with van der Waals surface area (Å²) >= 11 is 0. The molecule has 3 heterocycles. The second kappa shape index (κ2) is 12.9. The molecule has 5 rings (SSSR count). The van der Waals surface area contributed by atoms with E-state index in [4.69, 9.17) is 33.5 Å². The SMILES string of the molecule is CCN(CCC12O[C@H]([C@H]3COC(C)(C)O3)[C@H](OC(=O)CCC(=O)O)[C@H]1OC(C)(C)O2)c1ccc(N=Nc2ccccc2)cc1. The zero-order valence-corrected chi connectivity index (χ0v) is 25.8. The van der Waals surface area contributed by atoms with Crippen molar-refractivity contribution in [2.45, 2.75) is 95.7 Å². The van der Waals surface area contributed by atoms with Gasteiger partial charge in [0.1, 0.15) is 12.2 Å². The third-order valence-corrected chi connectivity index (χ3v) is 7.79. The van der Waals surface area contributed by atoms with E-state index in [0.717, 1.165) is 17.1 Å². The van der Waals surface area contributed by atoms with Crippen LogP contribution in [0.15, 0.2) is 64.8 Å². The summed E-state index contributed by atoms with van der Waals surface area (Å²) in [7, 11) is 0. The molecule has 238 valence electrons. The highest BCUT2D eigenvalue weighted by Crippen LogP contribution is 2.50. The van der Waals surface area contributed by atoms with Gasteiger partial charge in [-0.25, -0.2) is 0 Å². The van der Waals surface area contributed by atoms with Crippen LogP contribution in [0.2, 0.25) is 0 Å². The van der Waals surface area contributed by atoms with Crippen LogP contribution in [0.4, 0.5) is 17.1 Å². The van der Waals surface area contributed by atoms with Crippen molar-refractivity contribution in [2.24, 2.45) is 10.2 Å². The number of hydrogen-bond donors (Lipinski definition) is 1. The molecule has 3 fully saturated rings. The number of aliphatic carboxylic acids is 1. The van der Waals surface area contributed by atoms with E-state index >= 15 is 0 Å². The molecular weight excluding hydrogens is 570 g/mol. The predicted molar refractivity (Wildman–Crippen MR) is 159 cm³/mol. The average Bonchev–Trinajstić information content (AvgIpc) is 3.57. The maximum Gasteiger partial charge on any atom is 0.306 e. The number of fused-ring (bicyclic) bond motifs is 1. The van der Waals surface area contributed by atoms with Crippen molar-refractivity contribution in [3.05, 3.63) is 54.6 Å². The van der Waals surface area contributed by atoms with E-state index in [0.29, 0.717) is 19.5 Å². The Morgan fingerprint density at radius 3 is 2.23 bits per heavy atom. The number of carboxylic acids is 1. The summed E-state index contributed by atoms with van der Waals surface area (Å²) in [6, 6.07) is 17.4. The fourth-order valence-electron chi connectivity index (χ4n) is 5.84. The lowest BCUT2D eigenvalue weighted by molar-refractivity contribution is -0.277. The van der Waals surface area contributed by atoms with E-state index in [1.807, 2.05) is 54.6 Å². The maximum atomic E-state index is 12.8. The maximum absolute atomic E-state index is 12.8. The first-order valence-electron chi connectivity index (χ1n) is 15.0. The van der Waals surface area contributed by atoms with Gasteiger partial charge in [0.25, 0.3) is 0 Å². The van der Waals surface area contributed by atoms with Crippen LogP contribution in [0.5, 0.6) is 0 Å². The van der Waals surface area contributed by atoms with Crippen LogP contribution >= 0.6 is 0 Å². The molecule has 12 heteroatoms. The van der Waals surface area contributed by atoms with Crippen LogP contribution < -0.4 is 4.90 Å². The highest BCUT2D eigenvalue weighted by atomic mass is 16.9. The van der Waals surface area contributed by atoms with Crippen LogP contribution in [0.25, 0.3) is 0 Å². The molecule has 0 amide bonds. The number of hydrogen-bond acceptors (Lipinski definition) is 11. The minimum atomic E-state index is -1.25. The number of nitrogens with zero attached hydrogens (tertiary/aromatic N) is 3. The Bertz CT molecular complexity index is 1330. The van der Waals surface area contributed by atoms with Gasteiger partial charge in [0, 0.05) is 25.2 Å². The van der Waals surface area contributed by atoms with Crippen LogP contribution in [-0.2, 0) is 38.0 Å². The van der Waals surface area contributed by atoms with Gasteiger partial charge in [-0.05, 0) is 71.0 Å². The molecular formula is C32H41N3O9. The molecule has 0 spiro atoms. The first-order chi connectivity index (χ1) is 20.9. The third-order valence-electron chi connectivity index (χ3n) is 7.79. The fraction of sp³-hybridized carbons (Fsp3) is 0.562. The van der Waals surface area contributed by atoms with Gasteiger partial charge in [-0.3, -0.25) is 9.59 Å². The molecule has 1 unspecified atom stereocenters. The van der Waals surface area contributed by atoms with E-state index in [9.17, 15) is 9.59 Å². The van der Waals surface area contributed by atoms with E-state index < -0.39 is 53.7 Å². The number of rotatable bonds is 12. The molecule has 0 radical (unpaired) electrons. The van der Waals surface area contributed by atoms with Crippen LogP contribution in [0.1, 0.15) is 53.9 Å². The highest BCUT2D eigenvalue weighted by molar-refractivity contribution is 5.76. The molecule has 1 N–H and O–H groups in total. The molecule has 12 nitrogen and oxygen atoms in total. The van der Waals surface area contributed by atoms with Gasteiger partial charge >= 0.3 is 11.9 Å². The summed E-state index contributed by atoms with van der Waals surface area (Å²) in [5, 5.41) is 17.7. The van der Waals surface area contributed by atoms with Gasteiger partial charge in [-0.2, -0.15) is 10.2 Å². The van der Waals surface area contributed by atoms with Crippen molar-refractivity contribution < 1.29 is 43.1 Å². The van der Waals surface area contributed by atoms with Crippen molar-refractivity contribution in [1.82, 2.24) is 0 Å². The van der Waals surface area contributed by atoms with Gasteiger partial charge in [-0.15, -0.1) is 0 Å². The van der Waals surface area contributed by atoms with Gasteiger partial charge in [-0.1, -0.05) is 18.2 Å². The summed E-state index contributed by atoms with van der Waals surface area (Å²) < 4.78 is 37.2. The monoisotopic (exact) mass is 611 g/mol. The molecule has 3 aliphatic heterocycles.